The average molecular weight is 504 g/mol. The van der Waals surface area contributed by atoms with Crippen molar-refractivity contribution in [2.24, 2.45) is 11.3 Å². The normalized spacial score (nSPS) is 21.1. The first-order valence-corrected chi connectivity index (χ1v) is 12.5. The number of amides is 1. The molecule has 0 radical (unpaired) electrons. The zero-order chi connectivity index (χ0) is 24.6. The lowest BCUT2D eigenvalue weighted by Gasteiger charge is -2.36. The predicted octanol–water partition coefficient (Wildman–Crippen LogP) is 5.28. The second-order valence-electron chi connectivity index (χ2n) is 8.95. The summed E-state index contributed by atoms with van der Waals surface area (Å²) in [5.74, 6) is -5.36. The highest BCUT2D eigenvalue weighted by atomic mass is 35.5. The van der Waals surface area contributed by atoms with Gasteiger partial charge in [0.2, 0.25) is 0 Å². The minimum absolute atomic E-state index is 0.0470. The molecule has 2 aromatic rings. The molecule has 0 heterocycles. The van der Waals surface area contributed by atoms with Crippen LogP contribution < -0.4 is 5.32 Å². The Labute approximate surface area is 195 Å². The molecule has 0 saturated heterocycles. The van der Waals surface area contributed by atoms with E-state index in [1.54, 1.807) is 0 Å². The number of halogens is 4. The number of hydrogen-bond acceptors (Lipinski definition) is 4. The third-order valence-electron chi connectivity index (χ3n) is 6.29. The van der Waals surface area contributed by atoms with Gasteiger partial charge in [0, 0.05) is 29.5 Å². The molecule has 0 unspecified atom stereocenters. The summed E-state index contributed by atoms with van der Waals surface area (Å²) in [6.45, 7) is 3.13. The van der Waals surface area contributed by atoms with Crippen molar-refractivity contribution in [3.05, 3.63) is 57.9 Å². The van der Waals surface area contributed by atoms with Crippen LogP contribution in [0.25, 0.3) is 0 Å². The van der Waals surface area contributed by atoms with Crippen molar-refractivity contribution >= 4 is 33.0 Å². The fourth-order valence-corrected chi connectivity index (χ4v) is 6.63. The molecule has 3 rings (SSSR count). The van der Waals surface area contributed by atoms with Crippen molar-refractivity contribution in [3.63, 3.8) is 0 Å². The first-order valence-electron chi connectivity index (χ1n) is 10.5. The quantitative estimate of drug-likeness (QED) is 0.525. The molecule has 2 N–H and O–H groups in total. The molecule has 1 fully saturated rings. The lowest BCUT2D eigenvalue weighted by Crippen LogP contribution is -2.33. The zero-order valence-corrected chi connectivity index (χ0v) is 19.8. The first kappa shape index (κ1) is 25.5. The van der Waals surface area contributed by atoms with E-state index in [2.05, 4.69) is 5.32 Å². The number of aliphatic hydroxyl groups excluding tert-OH is 1. The number of hydrogen-bond donors (Lipinski definition) is 2. The summed E-state index contributed by atoms with van der Waals surface area (Å²) in [5.41, 5.74) is -1.15. The Kier molecular flexibility index (Phi) is 7.45. The van der Waals surface area contributed by atoms with Gasteiger partial charge in [0.25, 0.3) is 5.91 Å². The van der Waals surface area contributed by atoms with Gasteiger partial charge in [0.15, 0.2) is 27.3 Å². The number of anilines is 1. The molecule has 10 heteroatoms. The molecule has 33 heavy (non-hydrogen) atoms. The fourth-order valence-electron chi connectivity index (χ4n) is 4.13. The Balaban J connectivity index is 1.85. The molecule has 1 aliphatic carbocycles. The maximum Gasteiger partial charge on any atom is 0.255 e. The van der Waals surface area contributed by atoms with Crippen molar-refractivity contribution in [1.82, 2.24) is 0 Å². The van der Waals surface area contributed by atoms with Crippen LogP contribution in [0.5, 0.6) is 0 Å². The second kappa shape index (κ2) is 9.64. The molecule has 0 bridgehead atoms. The number of carbonyl (C=O) groups excluding carboxylic acids is 1. The van der Waals surface area contributed by atoms with Gasteiger partial charge in [-0.15, -0.1) is 0 Å². The van der Waals surface area contributed by atoms with Gasteiger partial charge in [-0.3, -0.25) is 4.79 Å². The zero-order valence-electron chi connectivity index (χ0n) is 18.2. The molecule has 5 nitrogen and oxygen atoms in total. The standard InChI is InChI=1S/C23H25ClF3NO4S/c1-13-18(10-17(25)21(27)20(13)26)28-22(30)15-3-4-16(24)19(9-15)33(31,32)12-23(2)7-5-14(11-29)6-8-23/h3-4,9-10,14,29H,5-8,11-12H2,1-2H3,(H,28,30). The highest BCUT2D eigenvalue weighted by molar-refractivity contribution is 7.91. The van der Waals surface area contributed by atoms with Gasteiger partial charge in [0.1, 0.15) is 0 Å². The van der Waals surface area contributed by atoms with Gasteiger partial charge in [-0.2, -0.15) is 0 Å². The van der Waals surface area contributed by atoms with Crippen LogP contribution in [0.3, 0.4) is 0 Å². The monoisotopic (exact) mass is 503 g/mol. The van der Waals surface area contributed by atoms with E-state index in [1.165, 1.54) is 19.1 Å². The van der Waals surface area contributed by atoms with E-state index in [0.717, 1.165) is 18.9 Å². The fraction of sp³-hybridized carbons (Fsp3) is 0.435. The van der Waals surface area contributed by atoms with Crippen LogP contribution in [0.1, 0.15) is 48.5 Å². The summed E-state index contributed by atoms with van der Waals surface area (Å²) in [7, 11) is -3.87. The minimum Gasteiger partial charge on any atom is -0.396 e. The molecule has 2 aromatic carbocycles. The van der Waals surface area contributed by atoms with Gasteiger partial charge in [0.05, 0.1) is 15.7 Å². The molecule has 1 saturated carbocycles. The minimum atomic E-state index is -3.87. The lowest BCUT2D eigenvalue weighted by molar-refractivity contribution is 0.102. The highest BCUT2D eigenvalue weighted by Crippen LogP contribution is 2.41. The summed E-state index contributed by atoms with van der Waals surface area (Å²) in [5, 5.41) is 11.6. The molecule has 180 valence electrons. The van der Waals surface area contributed by atoms with E-state index in [1.807, 2.05) is 6.92 Å². The Bertz CT molecular complexity index is 1180. The van der Waals surface area contributed by atoms with E-state index in [9.17, 15) is 31.5 Å². The topological polar surface area (TPSA) is 83.5 Å². The van der Waals surface area contributed by atoms with Gasteiger partial charge in [-0.25, -0.2) is 21.6 Å². The largest absolute Gasteiger partial charge is 0.396 e. The summed E-state index contributed by atoms with van der Waals surface area (Å²) in [4.78, 5) is 12.5. The van der Waals surface area contributed by atoms with E-state index < -0.39 is 38.6 Å². The number of carbonyl (C=O) groups is 1. The smallest absolute Gasteiger partial charge is 0.255 e. The van der Waals surface area contributed by atoms with E-state index >= 15 is 0 Å². The van der Waals surface area contributed by atoms with E-state index in [-0.39, 0.29) is 45.0 Å². The maximum atomic E-state index is 13.8. The van der Waals surface area contributed by atoms with Crippen molar-refractivity contribution < 1.29 is 31.5 Å². The van der Waals surface area contributed by atoms with Crippen LogP contribution in [0.2, 0.25) is 5.02 Å². The van der Waals surface area contributed by atoms with Gasteiger partial charge in [-0.1, -0.05) is 18.5 Å². The van der Waals surface area contributed by atoms with E-state index in [0.29, 0.717) is 18.9 Å². The van der Waals surface area contributed by atoms with Crippen LogP contribution in [0.15, 0.2) is 29.2 Å². The number of aliphatic hydroxyl groups is 1. The Morgan fingerprint density at radius 2 is 1.82 bits per heavy atom. The molecule has 1 amide bonds. The Hall–Kier alpha value is -2.10. The van der Waals surface area contributed by atoms with Crippen molar-refractivity contribution in [3.8, 4) is 0 Å². The van der Waals surface area contributed by atoms with Crippen LogP contribution in [0, 0.1) is 35.7 Å². The van der Waals surface area contributed by atoms with Crippen LogP contribution >= 0.6 is 11.6 Å². The number of benzene rings is 2. The maximum absolute atomic E-state index is 13.8. The SMILES string of the molecule is Cc1c(NC(=O)c2ccc(Cl)c(S(=O)(=O)CC3(C)CCC(CO)CC3)c2)cc(F)c(F)c1F. The molecule has 0 aromatic heterocycles. The average Bonchev–Trinajstić information content (AvgIpc) is 2.76. The van der Waals surface area contributed by atoms with Crippen molar-refractivity contribution in [1.29, 1.82) is 0 Å². The lowest BCUT2D eigenvalue weighted by atomic mass is 9.73. The summed E-state index contributed by atoms with van der Waals surface area (Å²) >= 11 is 6.15. The van der Waals surface area contributed by atoms with Gasteiger partial charge in [-0.05, 0) is 62.1 Å². The number of nitrogens with one attached hydrogen (secondary N) is 1. The van der Waals surface area contributed by atoms with Gasteiger partial charge >= 0.3 is 0 Å². The van der Waals surface area contributed by atoms with Gasteiger partial charge < -0.3 is 10.4 Å². The first-order chi connectivity index (χ1) is 15.4. The molecule has 0 aliphatic heterocycles. The highest BCUT2D eigenvalue weighted by Gasteiger charge is 2.36. The Morgan fingerprint density at radius 1 is 1.18 bits per heavy atom. The molecular weight excluding hydrogens is 479 g/mol. The van der Waals surface area contributed by atoms with E-state index in [4.69, 9.17) is 11.6 Å². The summed E-state index contributed by atoms with van der Waals surface area (Å²) in [6, 6.07) is 4.34. The Morgan fingerprint density at radius 3 is 2.42 bits per heavy atom. The molecule has 1 aliphatic rings. The molecule has 0 spiro atoms. The van der Waals surface area contributed by atoms with Crippen molar-refractivity contribution in [2.75, 3.05) is 17.7 Å². The molecular formula is C23H25ClF3NO4S. The van der Waals surface area contributed by atoms with Crippen LogP contribution in [0.4, 0.5) is 18.9 Å². The third kappa shape index (κ3) is 5.53. The van der Waals surface area contributed by atoms with Crippen LogP contribution in [-0.2, 0) is 9.84 Å². The summed E-state index contributed by atoms with van der Waals surface area (Å²) in [6.07, 6.45) is 2.72. The van der Waals surface area contributed by atoms with Crippen LogP contribution in [-0.4, -0.2) is 31.8 Å². The second-order valence-corrected chi connectivity index (χ2v) is 11.3. The summed E-state index contributed by atoms with van der Waals surface area (Å²) < 4.78 is 67.1. The molecule has 0 atom stereocenters. The predicted molar refractivity (Wildman–Crippen MR) is 120 cm³/mol. The third-order valence-corrected chi connectivity index (χ3v) is 8.82. The van der Waals surface area contributed by atoms with Crippen molar-refractivity contribution in [2.45, 2.75) is 44.4 Å². The number of rotatable bonds is 6. The number of sulfone groups is 1.